The fourth-order valence-electron chi connectivity index (χ4n) is 3.66. The summed E-state index contributed by atoms with van der Waals surface area (Å²) in [5.74, 6) is 0.853. The second-order valence-electron chi connectivity index (χ2n) is 6.86. The van der Waals surface area contributed by atoms with E-state index in [1.54, 1.807) is 0 Å². The lowest BCUT2D eigenvalue weighted by Gasteiger charge is -2.37. The van der Waals surface area contributed by atoms with Gasteiger partial charge in [0.05, 0.1) is 12.2 Å². The van der Waals surface area contributed by atoms with Gasteiger partial charge in [0.15, 0.2) is 5.96 Å². The van der Waals surface area contributed by atoms with E-state index in [9.17, 15) is 0 Å². The van der Waals surface area contributed by atoms with Crippen LogP contribution in [0.1, 0.15) is 48.2 Å². The minimum atomic E-state index is 0.255. The molecule has 2 aromatic rings. The van der Waals surface area contributed by atoms with Gasteiger partial charge >= 0.3 is 0 Å². The zero-order chi connectivity index (χ0) is 17.5. The van der Waals surface area contributed by atoms with Gasteiger partial charge in [0, 0.05) is 30.1 Å². The van der Waals surface area contributed by atoms with E-state index >= 15 is 0 Å². The zero-order valence-electron chi connectivity index (χ0n) is 15.2. The van der Waals surface area contributed by atoms with E-state index in [4.69, 9.17) is 0 Å². The summed E-state index contributed by atoms with van der Waals surface area (Å²) in [6, 6.07) is 8.53. The first-order valence-corrected chi connectivity index (χ1v) is 10.0. The van der Waals surface area contributed by atoms with Gasteiger partial charge in [0.1, 0.15) is 0 Å². The smallest absolute Gasteiger partial charge is 0.191 e. The Morgan fingerprint density at radius 1 is 1.20 bits per heavy atom. The molecule has 4 nitrogen and oxygen atoms in total. The molecule has 1 aliphatic rings. The van der Waals surface area contributed by atoms with Crippen LogP contribution in [0.15, 0.2) is 40.8 Å². The van der Waals surface area contributed by atoms with Crippen molar-refractivity contribution >= 4 is 17.3 Å². The van der Waals surface area contributed by atoms with Crippen LogP contribution in [0, 0.1) is 6.92 Å². The van der Waals surface area contributed by atoms with Crippen LogP contribution in [0.25, 0.3) is 0 Å². The first-order valence-electron chi connectivity index (χ1n) is 9.12. The number of thiophene rings is 1. The monoisotopic (exact) mass is 356 g/mol. The molecule has 2 aromatic heterocycles. The van der Waals surface area contributed by atoms with E-state index in [0.717, 1.165) is 18.2 Å². The summed E-state index contributed by atoms with van der Waals surface area (Å²) in [5, 5.41) is 9.18. The molecule has 5 heteroatoms. The van der Waals surface area contributed by atoms with Gasteiger partial charge in [-0.25, -0.2) is 0 Å². The highest BCUT2D eigenvalue weighted by molar-refractivity contribution is 7.10. The summed E-state index contributed by atoms with van der Waals surface area (Å²) in [6.45, 7) is 3.72. The number of nitrogens with zero attached hydrogens (tertiary/aromatic N) is 2. The Labute approximate surface area is 154 Å². The molecule has 0 spiro atoms. The molecule has 3 rings (SSSR count). The standard InChI is InChI=1S/C20H28N4S/c1-16-8-6-12-22-17(16)14-23-19(21-2)24-15-20(10-4-3-5-11-20)18-9-7-13-25-18/h6-9,12-13H,3-5,10-11,14-15H2,1-2H3,(H2,21,23,24). The lowest BCUT2D eigenvalue weighted by Crippen LogP contribution is -2.46. The maximum Gasteiger partial charge on any atom is 0.191 e. The van der Waals surface area contributed by atoms with Crippen LogP contribution >= 0.6 is 11.3 Å². The van der Waals surface area contributed by atoms with Gasteiger partial charge in [-0.3, -0.25) is 9.98 Å². The van der Waals surface area contributed by atoms with Crippen molar-refractivity contribution in [3.63, 3.8) is 0 Å². The lowest BCUT2D eigenvalue weighted by atomic mass is 9.73. The van der Waals surface area contributed by atoms with Crippen molar-refractivity contribution in [2.45, 2.75) is 51.0 Å². The summed E-state index contributed by atoms with van der Waals surface area (Å²) in [4.78, 5) is 10.4. The van der Waals surface area contributed by atoms with Crippen molar-refractivity contribution < 1.29 is 0 Å². The normalized spacial score (nSPS) is 17.3. The third-order valence-corrected chi connectivity index (χ3v) is 6.33. The number of pyridine rings is 1. The number of nitrogens with one attached hydrogen (secondary N) is 2. The third kappa shape index (κ3) is 4.40. The number of hydrogen-bond donors (Lipinski definition) is 2. The fraction of sp³-hybridized carbons (Fsp3) is 0.500. The van der Waals surface area contributed by atoms with Crippen molar-refractivity contribution in [1.29, 1.82) is 0 Å². The second kappa shape index (κ2) is 8.48. The van der Waals surface area contributed by atoms with Crippen LogP contribution in [-0.4, -0.2) is 24.5 Å². The predicted octanol–water partition coefficient (Wildman–Crippen LogP) is 4.02. The number of aryl methyl sites for hydroxylation is 1. The zero-order valence-corrected chi connectivity index (χ0v) is 16.0. The van der Waals surface area contributed by atoms with E-state index in [1.807, 2.05) is 30.6 Å². The molecule has 25 heavy (non-hydrogen) atoms. The Bertz CT molecular complexity index is 687. The molecule has 0 aromatic carbocycles. The average molecular weight is 357 g/mol. The van der Waals surface area contributed by atoms with Crippen LogP contribution in [0.5, 0.6) is 0 Å². The number of rotatable bonds is 5. The van der Waals surface area contributed by atoms with Crippen molar-refractivity contribution in [1.82, 2.24) is 15.6 Å². The lowest BCUT2D eigenvalue weighted by molar-refractivity contribution is 0.296. The first-order chi connectivity index (χ1) is 12.2. The van der Waals surface area contributed by atoms with Crippen LogP contribution in [0.4, 0.5) is 0 Å². The van der Waals surface area contributed by atoms with Crippen molar-refractivity contribution in [3.05, 3.63) is 52.0 Å². The summed E-state index contributed by atoms with van der Waals surface area (Å²) in [6.07, 6.45) is 8.36. The molecule has 1 fully saturated rings. The van der Waals surface area contributed by atoms with Gasteiger partial charge in [-0.15, -0.1) is 11.3 Å². The highest BCUT2D eigenvalue weighted by Gasteiger charge is 2.34. The highest BCUT2D eigenvalue weighted by Crippen LogP contribution is 2.41. The average Bonchev–Trinajstić information content (AvgIpc) is 3.19. The van der Waals surface area contributed by atoms with Gasteiger partial charge in [-0.1, -0.05) is 31.4 Å². The molecule has 0 aliphatic heterocycles. The number of aliphatic imine (C=N–C) groups is 1. The van der Waals surface area contributed by atoms with Gasteiger partial charge in [-0.05, 0) is 42.8 Å². The van der Waals surface area contributed by atoms with Crippen LogP contribution in [-0.2, 0) is 12.0 Å². The van der Waals surface area contributed by atoms with E-state index in [0.29, 0.717) is 6.54 Å². The Hall–Kier alpha value is -1.88. The quantitative estimate of drug-likeness (QED) is 0.628. The van der Waals surface area contributed by atoms with Crippen molar-refractivity contribution in [2.24, 2.45) is 4.99 Å². The SMILES string of the molecule is CN=C(NCc1ncccc1C)NCC1(c2cccs2)CCCCC1. The fourth-order valence-corrected chi connectivity index (χ4v) is 4.65. The maximum atomic E-state index is 4.45. The largest absolute Gasteiger partial charge is 0.355 e. The molecule has 0 unspecified atom stereocenters. The first kappa shape index (κ1) is 17.9. The highest BCUT2D eigenvalue weighted by atomic mass is 32.1. The molecule has 2 N–H and O–H groups in total. The molecule has 0 saturated heterocycles. The van der Waals surface area contributed by atoms with E-state index in [1.165, 1.54) is 42.5 Å². The maximum absolute atomic E-state index is 4.45. The summed E-state index contributed by atoms with van der Waals surface area (Å²) in [7, 11) is 1.83. The molecule has 1 saturated carbocycles. The van der Waals surface area contributed by atoms with Gasteiger partial charge in [0.25, 0.3) is 0 Å². The summed E-state index contributed by atoms with van der Waals surface area (Å²) < 4.78 is 0. The Morgan fingerprint density at radius 3 is 2.72 bits per heavy atom. The summed E-state index contributed by atoms with van der Waals surface area (Å²) >= 11 is 1.89. The molecule has 0 atom stereocenters. The van der Waals surface area contributed by atoms with Crippen molar-refractivity contribution in [3.8, 4) is 0 Å². The molecule has 1 aliphatic carbocycles. The van der Waals surface area contributed by atoms with E-state index in [-0.39, 0.29) is 5.41 Å². The number of aromatic nitrogens is 1. The second-order valence-corrected chi connectivity index (χ2v) is 7.81. The van der Waals surface area contributed by atoms with Crippen LogP contribution in [0.2, 0.25) is 0 Å². The molecular weight excluding hydrogens is 328 g/mol. The van der Waals surface area contributed by atoms with E-state index in [2.05, 4.69) is 51.1 Å². The van der Waals surface area contributed by atoms with E-state index < -0.39 is 0 Å². The Morgan fingerprint density at radius 2 is 2.04 bits per heavy atom. The molecule has 0 amide bonds. The minimum Gasteiger partial charge on any atom is -0.355 e. The Kier molecular flexibility index (Phi) is 6.08. The topological polar surface area (TPSA) is 49.3 Å². The summed E-state index contributed by atoms with van der Waals surface area (Å²) in [5.41, 5.74) is 2.52. The molecule has 134 valence electrons. The van der Waals surface area contributed by atoms with Crippen LogP contribution < -0.4 is 10.6 Å². The Balaban J connectivity index is 1.62. The predicted molar refractivity (Wildman–Crippen MR) is 106 cm³/mol. The number of guanidine groups is 1. The van der Waals surface area contributed by atoms with Gasteiger partial charge < -0.3 is 10.6 Å². The van der Waals surface area contributed by atoms with Gasteiger partial charge in [0.2, 0.25) is 0 Å². The molecular formula is C20H28N4S. The number of hydrogen-bond acceptors (Lipinski definition) is 3. The van der Waals surface area contributed by atoms with Gasteiger partial charge in [-0.2, -0.15) is 0 Å². The van der Waals surface area contributed by atoms with Crippen LogP contribution in [0.3, 0.4) is 0 Å². The minimum absolute atomic E-state index is 0.255. The third-order valence-electron chi connectivity index (χ3n) is 5.21. The molecule has 2 heterocycles. The van der Waals surface area contributed by atoms with Crippen molar-refractivity contribution in [2.75, 3.05) is 13.6 Å². The molecule has 0 radical (unpaired) electrons. The molecule has 0 bridgehead atoms.